The number of ether oxygens (including phenoxy) is 1. The topological polar surface area (TPSA) is 76.1 Å². The van der Waals surface area contributed by atoms with Crippen molar-refractivity contribution in [2.45, 2.75) is 25.4 Å². The number of hydrogen-bond donors (Lipinski definition) is 2. The molecule has 1 aliphatic carbocycles. The predicted molar refractivity (Wildman–Crippen MR) is 82.8 cm³/mol. The molecule has 0 saturated heterocycles. The minimum atomic E-state index is -0.229. The molecule has 114 valence electrons. The van der Waals surface area contributed by atoms with Crippen LogP contribution in [0.2, 0.25) is 0 Å². The summed E-state index contributed by atoms with van der Waals surface area (Å²) in [5.74, 6) is 1.03. The van der Waals surface area contributed by atoms with Gasteiger partial charge in [-0.15, -0.1) is 0 Å². The molecule has 1 aromatic carbocycles. The first kappa shape index (κ1) is 14.3. The second kappa shape index (κ2) is 6.43. The van der Waals surface area contributed by atoms with E-state index in [1.165, 1.54) is 0 Å². The van der Waals surface area contributed by atoms with E-state index in [4.69, 9.17) is 4.74 Å². The van der Waals surface area contributed by atoms with Gasteiger partial charge in [-0.1, -0.05) is 18.2 Å². The lowest BCUT2D eigenvalue weighted by atomic mass is 10.2. The number of nitrogens with zero attached hydrogens (tertiary/aromatic N) is 2. The first-order valence-corrected chi connectivity index (χ1v) is 7.26. The van der Waals surface area contributed by atoms with Gasteiger partial charge in [-0.2, -0.15) is 0 Å². The highest BCUT2D eigenvalue weighted by Crippen LogP contribution is 2.22. The summed E-state index contributed by atoms with van der Waals surface area (Å²) in [6.07, 6.45) is 3.86. The van der Waals surface area contributed by atoms with Gasteiger partial charge in [0.15, 0.2) is 0 Å². The molecule has 3 rings (SSSR count). The molecule has 0 spiro atoms. The number of nitrogens with one attached hydrogen (secondary N) is 2. The molecule has 2 aromatic rings. The summed E-state index contributed by atoms with van der Waals surface area (Å²) >= 11 is 0. The fourth-order valence-corrected chi connectivity index (χ4v) is 2.08. The van der Waals surface area contributed by atoms with E-state index in [1.807, 2.05) is 24.3 Å². The summed E-state index contributed by atoms with van der Waals surface area (Å²) in [6, 6.07) is 9.64. The number of amides is 1. The van der Waals surface area contributed by atoms with Crippen molar-refractivity contribution in [2.75, 3.05) is 12.4 Å². The maximum atomic E-state index is 12.2. The molecule has 6 heteroatoms. The normalized spacial score (nSPS) is 13.5. The highest BCUT2D eigenvalue weighted by Gasteiger charge is 2.22. The Morgan fingerprint density at radius 1 is 1.32 bits per heavy atom. The number of aromatic nitrogens is 2. The average Bonchev–Trinajstić information content (AvgIpc) is 3.37. The zero-order valence-electron chi connectivity index (χ0n) is 12.4. The summed E-state index contributed by atoms with van der Waals surface area (Å²) in [5.41, 5.74) is 1.27. The van der Waals surface area contributed by atoms with Gasteiger partial charge in [-0.25, -0.2) is 9.97 Å². The van der Waals surface area contributed by atoms with Crippen molar-refractivity contribution in [1.29, 1.82) is 0 Å². The van der Waals surface area contributed by atoms with E-state index in [1.54, 1.807) is 19.4 Å². The third kappa shape index (κ3) is 3.52. The van der Waals surface area contributed by atoms with E-state index in [9.17, 15) is 4.79 Å². The van der Waals surface area contributed by atoms with Crippen molar-refractivity contribution < 1.29 is 9.53 Å². The van der Waals surface area contributed by atoms with Crippen molar-refractivity contribution in [3.63, 3.8) is 0 Å². The fraction of sp³-hybridized carbons (Fsp3) is 0.312. The van der Waals surface area contributed by atoms with Gasteiger partial charge in [0.05, 0.1) is 7.11 Å². The van der Waals surface area contributed by atoms with E-state index in [-0.39, 0.29) is 5.91 Å². The van der Waals surface area contributed by atoms with E-state index in [2.05, 4.69) is 20.6 Å². The first-order valence-electron chi connectivity index (χ1n) is 7.26. The second-order valence-electron chi connectivity index (χ2n) is 5.18. The minimum absolute atomic E-state index is 0.229. The smallest absolute Gasteiger partial charge is 0.270 e. The number of para-hydroxylation sites is 1. The molecule has 2 N–H and O–H groups in total. The van der Waals surface area contributed by atoms with Gasteiger partial charge in [0.25, 0.3) is 5.91 Å². The molecule has 1 amide bonds. The second-order valence-corrected chi connectivity index (χ2v) is 5.18. The quantitative estimate of drug-likeness (QED) is 0.853. The summed E-state index contributed by atoms with van der Waals surface area (Å²) in [6.45, 7) is 0.387. The van der Waals surface area contributed by atoms with Gasteiger partial charge in [0, 0.05) is 24.3 Å². The lowest BCUT2D eigenvalue weighted by molar-refractivity contribution is 0.0945. The maximum Gasteiger partial charge on any atom is 0.270 e. The van der Waals surface area contributed by atoms with Crippen LogP contribution in [0.15, 0.2) is 36.5 Å². The first-order chi connectivity index (χ1) is 10.8. The van der Waals surface area contributed by atoms with Crippen LogP contribution in [0, 0.1) is 0 Å². The Bertz CT molecular complexity index is 671. The third-order valence-electron chi connectivity index (χ3n) is 3.43. The van der Waals surface area contributed by atoms with Crippen LogP contribution in [0.1, 0.15) is 28.9 Å². The van der Waals surface area contributed by atoms with Gasteiger partial charge in [0.2, 0.25) is 5.95 Å². The Balaban J connectivity index is 1.64. The van der Waals surface area contributed by atoms with Crippen molar-refractivity contribution in [1.82, 2.24) is 15.3 Å². The van der Waals surface area contributed by atoms with Crippen LogP contribution < -0.4 is 15.4 Å². The Labute approximate surface area is 128 Å². The zero-order chi connectivity index (χ0) is 15.4. The molecule has 0 unspecified atom stereocenters. The molecule has 1 saturated carbocycles. The summed E-state index contributed by atoms with van der Waals surface area (Å²) in [5, 5.41) is 6.03. The molecule has 1 aliphatic rings. The monoisotopic (exact) mass is 298 g/mol. The number of rotatable bonds is 6. The molecule has 6 nitrogen and oxygen atoms in total. The molecule has 0 radical (unpaired) electrons. The predicted octanol–water partition coefficient (Wildman–Crippen LogP) is 1.99. The van der Waals surface area contributed by atoms with Crippen LogP contribution >= 0.6 is 0 Å². The number of anilines is 1. The molecule has 1 aromatic heterocycles. The zero-order valence-corrected chi connectivity index (χ0v) is 12.4. The highest BCUT2D eigenvalue weighted by atomic mass is 16.5. The highest BCUT2D eigenvalue weighted by molar-refractivity contribution is 5.92. The summed E-state index contributed by atoms with van der Waals surface area (Å²) in [4.78, 5) is 20.6. The van der Waals surface area contributed by atoms with Crippen LogP contribution in [-0.2, 0) is 6.54 Å². The summed E-state index contributed by atoms with van der Waals surface area (Å²) < 4.78 is 5.27. The van der Waals surface area contributed by atoms with Gasteiger partial charge < -0.3 is 15.4 Å². The molecular weight excluding hydrogens is 280 g/mol. The molecule has 22 heavy (non-hydrogen) atoms. The van der Waals surface area contributed by atoms with Crippen LogP contribution in [0.5, 0.6) is 5.75 Å². The van der Waals surface area contributed by atoms with Gasteiger partial charge >= 0.3 is 0 Å². The average molecular weight is 298 g/mol. The van der Waals surface area contributed by atoms with Crippen LogP contribution in [-0.4, -0.2) is 29.0 Å². The van der Waals surface area contributed by atoms with E-state index in [0.717, 1.165) is 24.2 Å². The van der Waals surface area contributed by atoms with Gasteiger partial charge in [-0.05, 0) is 25.0 Å². The number of carbonyl (C=O) groups excluding carboxylic acids is 1. The fourth-order valence-electron chi connectivity index (χ4n) is 2.08. The summed E-state index contributed by atoms with van der Waals surface area (Å²) in [7, 11) is 1.61. The van der Waals surface area contributed by atoms with E-state index < -0.39 is 0 Å². The molecular formula is C16H18N4O2. The number of hydrogen-bond acceptors (Lipinski definition) is 5. The van der Waals surface area contributed by atoms with E-state index in [0.29, 0.717) is 24.2 Å². The van der Waals surface area contributed by atoms with Crippen molar-refractivity contribution >= 4 is 11.9 Å². The van der Waals surface area contributed by atoms with Crippen LogP contribution in [0.25, 0.3) is 0 Å². The Kier molecular flexibility index (Phi) is 4.18. The third-order valence-corrected chi connectivity index (χ3v) is 3.43. The molecule has 1 heterocycles. The molecule has 0 atom stereocenters. The number of methoxy groups -OCH3 is 1. The van der Waals surface area contributed by atoms with Crippen LogP contribution in [0.4, 0.5) is 5.95 Å². The van der Waals surface area contributed by atoms with Gasteiger partial charge in [-0.3, -0.25) is 4.79 Å². The number of carbonyl (C=O) groups is 1. The largest absolute Gasteiger partial charge is 0.496 e. The molecule has 1 fully saturated rings. The minimum Gasteiger partial charge on any atom is -0.496 e. The van der Waals surface area contributed by atoms with Crippen molar-refractivity contribution in [3.05, 3.63) is 47.8 Å². The Morgan fingerprint density at radius 3 is 2.91 bits per heavy atom. The SMILES string of the molecule is COc1ccccc1CNC(=O)c1ccnc(NC2CC2)n1. The Morgan fingerprint density at radius 2 is 2.14 bits per heavy atom. The lowest BCUT2D eigenvalue weighted by Crippen LogP contribution is -2.24. The number of benzene rings is 1. The van der Waals surface area contributed by atoms with Crippen LogP contribution in [0.3, 0.4) is 0 Å². The lowest BCUT2D eigenvalue weighted by Gasteiger charge is -2.09. The van der Waals surface area contributed by atoms with Crippen molar-refractivity contribution in [3.8, 4) is 5.75 Å². The maximum absolute atomic E-state index is 12.2. The standard InChI is InChI=1S/C16H18N4O2/c1-22-14-5-3-2-4-11(14)10-18-15(21)13-8-9-17-16(20-13)19-12-6-7-12/h2-5,8-9,12H,6-7,10H2,1H3,(H,18,21)(H,17,19,20). The molecule has 0 aliphatic heterocycles. The van der Waals surface area contributed by atoms with E-state index >= 15 is 0 Å². The van der Waals surface area contributed by atoms with Gasteiger partial charge in [0.1, 0.15) is 11.4 Å². The Hall–Kier alpha value is -2.63. The molecule has 0 bridgehead atoms. The van der Waals surface area contributed by atoms with Crippen molar-refractivity contribution in [2.24, 2.45) is 0 Å².